The van der Waals surface area contributed by atoms with Gasteiger partial charge in [-0.15, -0.1) is 0 Å². The van der Waals surface area contributed by atoms with Crippen LogP contribution in [-0.2, 0) is 20.8 Å². The van der Waals surface area contributed by atoms with Gasteiger partial charge in [0.25, 0.3) is 5.91 Å². The Balaban J connectivity index is 1.54. The molecule has 1 unspecified atom stereocenters. The van der Waals surface area contributed by atoms with Crippen LogP contribution in [0, 0.1) is 0 Å². The molecule has 1 N–H and O–H groups in total. The number of anilines is 1. The third-order valence-electron chi connectivity index (χ3n) is 5.06. The van der Waals surface area contributed by atoms with Crippen LogP contribution in [0.15, 0.2) is 18.2 Å². The number of benzene rings is 1. The molecule has 7 heteroatoms. The van der Waals surface area contributed by atoms with Gasteiger partial charge in [-0.05, 0) is 31.0 Å². The monoisotopic (exact) mass is 373 g/mol. The minimum atomic E-state index is -0.513. The van der Waals surface area contributed by atoms with Crippen LogP contribution < -0.4 is 10.1 Å². The lowest BCUT2D eigenvalue weighted by Gasteiger charge is -2.35. The lowest BCUT2D eigenvalue weighted by Crippen LogP contribution is -2.50. The first-order valence-corrected chi connectivity index (χ1v) is 9.64. The number of fused-ring (bicyclic) bond motifs is 1. The second kappa shape index (κ2) is 8.41. The molecule has 1 saturated heterocycles. The molecule has 146 valence electrons. The molecule has 7 nitrogen and oxygen atoms in total. The van der Waals surface area contributed by atoms with Crippen molar-refractivity contribution in [2.45, 2.75) is 45.6 Å². The number of carbonyl (C=O) groups is 3. The standard InChI is InChI=1S/C20H27N3O4/c1-3-4-5-18(24)22-8-10-23(11-9-22)19(25)13-15-6-7-17-16(12-15)21-20(26)14(2)27-17/h6-7,12,14H,3-5,8-11,13H2,1-2H3,(H,21,26). The van der Waals surface area contributed by atoms with E-state index in [-0.39, 0.29) is 24.1 Å². The Kier molecular flexibility index (Phi) is 5.98. The van der Waals surface area contributed by atoms with Gasteiger partial charge in [-0.3, -0.25) is 14.4 Å². The molecule has 1 fully saturated rings. The van der Waals surface area contributed by atoms with E-state index >= 15 is 0 Å². The molecule has 0 saturated carbocycles. The van der Waals surface area contributed by atoms with Crippen LogP contribution in [0.25, 0.3) is 0 Å². The maximum atomic E-state index is 12.6. The summed E-state index contributed by atoms with van der Waals surface area (Å²) >= 11 is 0. The minimum Gasteiger partial charge on any atom is -0.479 e. The quantitative estimate of drug-likeness (QED) is 0.854. The minimum absolute atomic E-state index is 0.0343. The lowest BCUT2D eigenvalue weighted by atomic mass is 10.1. The molecule has 0 aliphatic carbocycles. The van der Waals surface area contributed by atoms with Gasteiger partial charge in [0, 0.05) is 32.6 Å². The Bertz CT molecular complexity index is 726. The van der Waals surface area contributed by atoms with E-state index in [1.807, 2.05) is 11.0 Å². The van der Waals surface area contributed by atoms with Crippen LogP contribution in [0.2, 0.25) is 0 Å². The molecule has 0 aromatic heterocycles. The van der Waals surface area contributed by atoms with Gasteiger partial charge in [-0.25, -0.2) is 0 Å². The number of hydrogen-bond acceptors (Lipinski definition) is 4. The number of nitrogens with zero attached hydrogens (tertiary/aromatic N) is 2. The van der Waals surface area contributed by atoms with Gasteiger partial charge >= 0.3 is 0 Å². The summed E-state index contributed by atoms with van der Waals surface area (Å²) in [5.74, 6) is 0.656. The SMILES string of the molecule is CCCCC(=O)N1CCN(C(=O)Cc2ccc3c(c2)NC(=O)C(C)O3)CC1. The number of piperazine rings is 1. The second-order valence-electron chi connectivity index (χ2n) is 7.12. The van der Waals surface area contributed by atoms with Crippen molar-refractivity contribution in [3.63, 3.8) is 0 Å². The highest BCUT2D eigenvalue weighted by Gasteiger charge is 2.26. The Morgan fingerprint density at radius 1 is 1.15 bits per heavy atom. The zero-order valence-electron chi connectivity index (χ0n) is 16.0. The van der Waals surface area contributed by atoms with E-state index in [9.17, 15) is 14.4 Å². The molecule has 3 amide bonds. The second-order valence-corrected chi connectivity index (χ2v) is 7.12. The van der Waals surface area contributed by atoms with Gasteiger partial charge < -0.3 is 19.9 Å². The Morgan fingerprint density at radius 2 is 1.81 bits per heavy atom. The predicted molar refractivity (Wildman–Crippen MR) is 102 cm³/mol. The maximum Gasteiger partial charge on any atom is 0.265 e. The highest BCUT2D eigenvalue weighted by Crippen LogP contribution is 2.30. The molecule has 2 aliphatic rings. The lowest BCUT2D eigenvalue weighted by molar-refractivity contribution is -0.139. The summed E-state index contributed by atoms with van der Waals surface area (Å²) in [6.45, 7) is 6.10. The van der Waals surface area contributed by atoms with Crippen molar-refractivity contribution in [2.75, 3.05) is 31.5 Å². The Morgan fingerprint density at radius 3 is 2.48 bits per heavy atom. The highest BCUT2D eigenvalue weighted by molar-refractivity contribution is 5.97. The molecular weight excluding hydrogens is 346 g/mol. The Hall–Kier alpha value is -2.57. The van der Waals surface area contributed by atoms with Gasteiger partial charge in [0.2, 0.25) is 11.8 Å². The van der Waals surface area contributed by atoms with Crippen molar-refractivity contribution in [3.05, 3.63) is 23.8 Å². The van der Waals surface area contributed by atoms with Gasteiger partial charge in [-0.2, -0.15) is 0 Å². The Labute approximate surface area is 159 Å². The van der Waals surface area contributed by atoms with Gasteiger partial charge in [0.1, 0.15) is 5.75 Å². The van der Waals surface area contributed by atoms with E-state index in [1.165, 1.54) is 0 Å². The average Bonchev–Trinajstić information content (AvgIpc) is 2.67. The third kappa shape index (κ3) is 4.59. The van der Waals surface area contributed by atoms with Gasteiger partial charge in [0.05, 0.1) is 12.1 Å². The number of carbonyl (C=O) groups excluding carboxylic acids is 3. The fraction of sp³-hybridized carbons (Fsp3) is 0.550. The van der Waals surface area contributed by atoms with Crippen LogP contribution in [0.1, 0.15) is 38.7 Å². The molecule has 0 bridgehead atoms. The number of nitrogens with one attached hydrogen (secondary N) is 1. The zero-order chi connectivity index (χ0) is 19.4. The molecule has 2 aliphatic heterocycles. The van der Waals surface area contributed by atoms with Crippen molar-refractivity contribution in [2.24, 2.45) is 0 Å². The van der Waals surface area contributed by atoms with E-state index in [1.54, 1.807) is 24.0 Å². The molecule has 3 rings (SSSR count). The van der Waals surface area contributed by atoms with E-state index < -0.39 is 6.10 Å². The molecule has 27 heavy (non-hydrogen) atoms. The van der Waals surface area contributed by atoms with Crippen molar-refractivity contribution >= 4 is 23.4 Å². The van der Waals surface area contributed by atoms with Crippen LogP contribution in [0.4, 0.5) is 5.69 Å². The molecule has 1 aromatic rings. The summed E-state index contributed by atoms with van der Waals surface area (Å²) in [7, 11) is 0. The topological polar surface area (TPSA) is 79.0 Å². The highest BCUT2D eigenvalue weighted by atomic mass is 16.5. The summed E-state index contributed by atoms with van der Waals surface area (Å²) in [4.78, 5) is 40.1. The van der Waals surface area contributed by atoms with Crippen molar-refractivity contribution in [1.82, 2.24) is 9.80 Å². The first-order valence-electron chi connectivity index (χ1n) is 9.64. The summed E-state index contributed by atoms with van der Waals surface area (Å²) in [6.07, 6.45) is 2.26. The number of hydrogen-bond donors (Lipinski definition) is 1. The molecular formula is C20H27N3O4. The molecule has 1 atom stereocenters. The predicted octanol–water partition coefficient (Wildman–Crippen LogP) is 1.81. The maximum absolute atomic E-state index is 12.6. The number of rotatable bonds is 5. The number of amides is 3. The summed E-state index contributed by atoms with van der Waals surface area (Å²) < 4.78 is 5.54. The van der Waals surface area contributed by atoms with Gasteiger partial charge in [0.15, 0.2) is 6.10 Å². The molecule has 1 aromatic carbocycles. The van der Waals surface area contributed by atoms with Crippen LogP contribution in [0.5, 0.6) is 5.75 Å². The summed E-state index contributed by atoms with van der Waals surface area (Å²) in [5, 5.41) is 2.80. The van der Waals surface area contributed by atoms with Gasteiger partial charge in [-0.1, -0.05) is 19.4 Å². The van der Waals surface area contributed by atoms with Crippen molar-refractivity contribution < 1.29 is 19.1 Å². The van der Waals surface area contributed by atoms with E-state index in [0.717, 1.165) is 18.4 Å². The average molecular weight is 373 g/mol. The molecule has 0 spiro atoms. The summed E-state index contributed by atoms with van der Waals surface area (Å²) in [6, 6.07) is 5.44. The van der Waals surface area contributed by atoms with Crippen LogP contribution >= 0.6 is 0 Å². The van der Waals surface area contributed by atoms with Crippen LogP contribution in [0.3, 0.4) is 0 Å². The first-order chi connectivity index (χ1) is 13.0. The molecule has 2 heterocycles. The van der Waals surface area contributed by atoms with E-state index in [2.05, 4.69) is 12.2 Å². The zero-order valence-corrected chi connectivity index (χ0v) is 16.0. The number of ether oxygens (including phenoxy) is 1. The fourth-order valence-corrected chi connectivity index (χ4v) is 3.34. The van der Waals surface area contributed by atoms with Crippen molar-refractivity contribution in [1.29, 1.82) is 0 Å². The third-order valence-corrected chi connectivity index (χ3v) is 5.06. The summed E-state index contributed by atoms with van der Waals surface area (Å²) in [5.41, 5.74) is 1.44. The first kappa shape index (κ1) is 19.2. The normalized spacial score (nSPS) is 19.2. The fourth-order valence-electron chi connectivity index (χ4n) is 3.34. The van der Waals surface area contributed by atoms with E-state index in [0.29, 0.717) is 44.0 Å². The van der Waals surface area contributed by atoms with E-state index in [4.69, 9.17) is 4.74 Å². The van der Waals surface area contributed by atoms with Crippen molar-refractivity contribution in [3.8, 4) is 5.75 Å². The number of unbranched alkanes of at least 4 members (excludes halogenated alkanes) is 1. The molecule has 0 radical (unpaired) electrons. The largest absolute Gasteiger partial charge is 0.479 e. The van der Waals surface area contributed by atoms with Crippen LogP contribution in [-0.4, -0.2) is 59.8 Å². The smallest absolute Gasteiger partial charge is 0.265 e.